The van der Waals surface area contributed by atoms with Gasteiger partial charge in [0.25, 0.3) is 0 Å². The van der Waals surface area contributed by atoms with Gasteiger partial charge in [-0.15, -0.1) is 0 Å². The van der Waals surface area contributed by atoms with Gasteiger partial charge in [0.2, 0.25) is 0 Å². The van der Waals surface area contributed by atoms with E-state index in [9.17, 15) is 0 Å². The molecule has 2 aliphatic heterocycles. The summed E-state index contributed by atoms with van der Waals surface area (Å²) >= 11 is 0. The predicted molar refractivity (Wildman–Crippen MR) is 74.7 cm³/mol. The van der Waals surface area contributed by atoms with Gasteiger partial charge in [0.15, 0.2) is 0 Å². The Morgan fingerprint density at radius 2 is 2.17 bits per heavy atom. The number of hydrogen-bond acceptors (Lipinski definition) is 4. The molecule has 2 N–H and O–H groups in total. The van der Waals surface area contributed by atoms with E-state index in [1.165, 1.54) is 19.3 Å². The summed E-state index contributed by atoms with van der Waals surface area (Å²) in [5.41, 5.74) is 6.18. The second kappa shape index (κ2) is 5.87. The monoisotopic (exact) mass is 255 g/mol. The molecule has 0 aromatic carbocycles. The normalized spacial score (nSPS) is 34.7. The smallest absolute Gasteiger partial charge is 0.0703 e. The SMILES string of the molecule is CN1CCC(C)(C)N(CC2CCCO2)CC1CN. The maximum Gasteiger partial charge on any atom is 0.0703 e. The van der Waals surface area contributed by atoms with Gasteiger partial charge in [-0.25, -0.2) is 0 Å². The standard InChI is InChI=1S/C14H29N3O/c1-14(2)6-7-16(3)12(9-15)10-17(14)11-13-5-4-8-18-13/h12-13H,4-11,15H2,1-3H3. The van der Waals surface area contributed by atoms with E-state index in [4.69, 9.17) is 10.5 Å². The highest BCUT2D eigenvalue weighted by atomic mass is 16.5. The molecule has 4 nitrogen and oxygen atoms in total. The molecule has 0 aromatic heterocycles. The molecule has 18 heavy (non-hydrogen) atoms. The van der Waals surface area contributed by atoms with E-state index < -0.39 is 0 Å². The summed E-state index contributed by atoms with van der Waals surface area (Å²) in [6.07, 6.45) is 4.08. The van der Waals surface area contributed by atoms with Crippen molar-refractivity contribution in [3.8, 4) is 0 Å². The van der Waals surface area contributed by atoms with E-state index in [-0.39, 0.29) is 5.54 Å². The second-order valence-corrected chi connectivity index (χ2v) is 6.47. The number of likely N-dealkylation sites (N-methyl/N-ethyl adjacent to an activating group) is 1. The molecular weight excluding hydrogens is 226 g/mol. The molecule has 0 bridgehead atoms. The molecule has 106 valence electrons. The Hall–Kier alpha value is -0.160. The molecule has 0 spiro atoms. The van der Waals surface area contributed by atoms with Crippen molar-refractivity contribution in [1.29, 1.82) is 0 Å². The first kappa shape index (κ1) is 14.3. The van der Waals surface area contributed by atoms with Crippen LogP contribution < -0.4 is 5.73 Å². The Bertz CT molecular complexity index is 264. The van der Waals surface area contributed by atoms with Crippen molar-refractivity contribution >= 4 is 0 Å². The van der Waals surface area contributed by atoms with Crippen LogP contribution in [-0.2, 0) is 4.74 Å². The highest BCUT2D eigenvalue weighted by Crippen LogP contribution is 2.26. The van der Waals surface area contributed by atoms with Crippen molar-refractivity contribution in [3.63, 3.8) is 0 Å². The molecule has 0 amide bonds. The van der Waals surface area contributed by atoms with E-state index in [1.54, 1.807) is 0 Å². The Morgan fingerprint density at radius 3 is 2.78 bits per heavy atom. The van der Waals surface area contributed by atoms with Crippen LogP contribution >= 0.6 is 0 Å². The fourth-order valence-corrected chi connectivity index (χ4v) is 3.04. The summed E-state index contributed by atoms with van der Waals surface area (Å²) in [7, 11) is 2.20. The maximum absolute atomic E-state index is 5.92. The minimum Gasteiger partial charge on any atom is -0.377 e. The van der Waals surface area contributed by atoms with E-state index in [1.807, 2.05) is 0 Å². The number of ether oxygens (including phenoxy) is 1. The Morgan fingerprint density at radius 1 is 1.39 bits per heavy atom. The molecule has 4 heteroatoms. The lowest BCUT2D eigenvalue weighted by Gasteiger charge is -2.39. The molecule has 2 heterocycles. The second-order valence-electron chi connectivity index (χ2n) is 6.47. The van der Waals surface area contributed by atoms with Crippen LogP contribution in [0.1, 0.15) is 33.1 Å². The molecule has 0 saturated carbocycles. The van der Waals surface area contributed by atoms with Crippen LogP contribution in [0.5, 0.6) is 0 Å². The van der Waals surface area contributed by atoms with Crippen molar-refractivity contribution < 1.29 is 4.74 Å². The van der Waals surface area contributed by atoms with Gasteiger partial charge < -0.3 is 15.4 Å². The van der Waals surface area contributed by atoms with Crippen LogP contribution in [0, 0.1) is 0 Å². The topological polar surface area (TPSA) is 41.7 Å². The van der Waals surface area contributed by atoms with Crippen LogP contribution in [0.3, 0.4) is 0 Å². The lowest BCUT2D eigenvalue weighted by molar-refractivity contribution is 0.0303. The van der Waals surface area contributed by atoms with Crippen molar-refractivity contribution in [2.24, 2.45) is 5.73 Å². The number of nitrogens with zero attached hydrogens (tertiary/aromatic N) is 2. The Kier molecular flexibility index (Phi) is 4.64. The lowest BCUT2D eigenvalue weighted by atomic mass is 9.97. The third-order valence-electron chi connectivity index (χ3n) is 4.71. The van der Waals surface area contributed by atoms with Crippen molar-refractivity contribution in [1.82, 2.24) is 9.80 Å². The number of hydrogen-bond donors (Lipinski definition) is 1. The first-order chi connectivity index (χ1) is 8.53. The fraction of sp³-hybridized carbons (Fsp3) is 1.00. The lowest BCUT2D eigenvalue weighted by Crippen LogP contribution is -2.51. The van der Waals surface area contributed by atoms with Crippen LogP contribution in [0.25, 0.3) is 0 Å². The fourth-order valence-electron chi connectivity index (χ4n) is 3.04. The van der Waals surface area contributed by atoms with E-state index >= 15 is 0 Å². The van der Waals surface area contributed by atoms with Crippen molar-refractivity contribution in [2.75, 3.05) is 39.8 Å². The van der Waals surface area contributed by atoms with Crippen LogP contribution in [0.4, 0.5) is 0 Å². The molecule has 2 fully saturated rings. The van der Waals surface area contributed by atoms with Gasteiger partial charge in [0, 0.05) is 37.8 Å². The van der Waals surface area contributed by atoms with Crippen molar-refractivity contribution in [3.05, 3.63) is 0 Å². The highest BCUT2D eigenvalue weighted by molar-refractivity contribution is 4.91. The van der Waals surface area contributed by atoms with Gasteiger partial charge in [0.05, 0.1) is 6.10 Å². The van der Waals surface area contributed by atoms with Gasteiger partial charge in [-0.2, -0.15) is 0 Å². The Labute approximate surface area is 111 Å². The number of nitrogens with two attached hydrogens (primary N) is 1. The van der Waals surface area contributed by atoms with Crippen LogP contribution in [-0.4, -0.2) is 67.3 Å². The molecular formula is C14H29N3O. The van der Waals surface area contributed by atoms with Gasteiger partial charge in [0.1, 0.15) is 0 Å². The quantitative estimate of drug-likeness (QED) is 0.814. The number of rotatable bonds is 3. The largest absolute Gasteiger partial charge is 0.377 e. The van der Waals surface area contributed by atoms with E-state index in [2.05, 4.69) is 30.7 Å². The average Bonchev–Trinajstić information content (AvgIpc) is 2.80. The summed E-state index contributed by atoms with van der Waals surface area (Å²) in [5, 5.41) is 0. The van der Waals surface area contributed by atoms with Gasteiger partial charge in [-0.05, 0) is 46.7 Å². The van der Waals surface area contributed by atoms with Gasteiger partial charge >= 0.3 is 0 Å². The molecule has 2 aliphatic rings. The van der Waals surface area contributed by atoms with Crippen LogP contribution in [0.2, 0.25) is 0 Å². The van der Waals surface area contributed by atoms with Gasteiger partial charge in [-0.1, -0.05) is 0 Å². The third-order valence-corrected chi connectivity index (χ3v) is 4.71. The summed E-state index contributed by atoms with van der Waals surface area (Å²) in [4.78, 5) is 5.02. The summed E-state index contributed by atoms with van der Waals surface area (Å²) in [5.74, 6) is 0. The zero-order chi connectivity index (χ0) is 13.2. The zero-order valence-electron chi connectivity index (χ0n) is 12.2. The molecule has 0 radical (unpaired) electrons. The van der Waals surface area contributed by atoms with Gasteiger partial charge in [-0.3, -0.25) is 4.90 Å². The molecule has 0 aromatic rings. The van der Waals surface area contributed by atoms with Crippen LogP contribution in [0.15, 0.2) is 0 Å². The third kappa shape index (κ3) is 3.23. The average molecular weight is 255 g/mol. The molecule has 2 atom stereocenters. The van der Waals surface area contributed by atoms with Crippen molar-refractivity contribution in [2.45, 2.75) is 50.8 Å². The summed E-state index contributed by atoms with van der Waals surface area (Å²) in [6.45, 7) is 9.67. The molecule has 0 aliphatic carbocycles. The first-order valence-corrected chi connectivity index (χ1v) is 7.30. The minimum atomic E-state index is 0.254. The zero-order valence-corrected chi connectivity index (χ0v) is 12.2. The first-order valence-electron chi connectivity index (χ1n) is 7.30. The van der Waals surface area contributed by atoms with E-state index in [0.29, 0.717) is 12.1 Å². The summed E-state index contributed by atoms with van der Waals surface area (Å²) < 4.78 is 5.80. The molecule has 2 unspecified atom stereocenters. The predicted octanol–water partition coefficient (Wildman–Crippen LogP) is 0.909. The van der Waals surface area contributed by atoms with E-state index in [0.717, 1.165) is 32.8 Å². The Balaban J connectivity index is 2.02. The maximum atomic E-state index is 5.92. The summed E-state index contributed by atoms with van der Waals surface area (Å²) in [6, 6.07) is 0.480. The minimum absolute atomic E-state index is 0.254. The highest BCUT2D eigenvalue weighted by Gasteiger charge is 2.35. The molecule has 2 rings (SSSR count). The molecule has 2 saturated heterocycles.